The average Bonchev–Trinajstić information content (AvgIpc) is 2.55. The number of carbonyl (C=O) groups is 1. The summed E-state index contributed by atoms with van der Waals surface area (Å²) in [5, 5.41) is 0.357. The smallest absolute Gasteiger partial charge is 0.254 e. The van der Waals surface area contributed by atoms with Crippen molar-refractivity contribution in [2.75, 3.05) is 49.8 Å². The molecule has 2 saturated heterocycles. The third-order valence-corrected chi connectivity index (χ3v) is 6.78. The molecule has 3 rings (SSSR count). The Morgan fingerprint density at radius 2 is 1.79 bits per heavy atom. The number of anilines is 1. The van der Waals surface area contributed by atoms with E-state index in [9.17, 15) is 13.2 Å². The van der Waals surface area contributed by atoms with E-state index in [-0.39, 0.29) is 11.7 Å². The third-order valence-electron chi connectivity index (χ3n) is 4.60. The molecule has 0 aromatic heterocycles. The molecule has 1 aromatic carbocycles. The molecule has 0 radical (unpaired) electrons. The maximum atomic E-state index is 12.7. The van der Waals surface area contributed by atoms with Gasteiger partial charge in [-0.25, -0.2) is 8.42 Å². The predicted octanol–water partition coefficient (Wildman–Crippen LogP) is 1.66. The quantitative estimate of drug-likeness (QED) is 0.793. The number of halogens is 1. The maximum absolute atomic E-state index is 12.7. The van der Waals surface area contributed by atoms with E-state index in [1.165, 1.54) is 4.31 Å². The topological polar surface area (TPSA) is 60.9 Å². The highest BCUT2D eigenvalue weighted by Crippen LogP contribution is 2.32. The summed E-state index contributed by atoms with van der Waals surface area (Å²) in [4.78, 5) is 16.7. The van der Waals surface area contributed by atoms with Gasteiger partial charge in [-0.15, -0.1) is 0 Å². The van der Waals surface area contributed by atoms with Crippen molar-refractivity contribution in [2.24, 2.45) is 0 Å². The van der Waals surface area contributed by atoms with Crippen molar-refractivity contribution in [2.45, 2.75) is 12.8 Å². The minimum atomic E-state index is -3.36. The molecule has 6 nitrogen and oxygen atoms in total. The van der Waals surface area contributed by atoms with Gasteiger partial charge in [0.15, 0.2) is 0 Å². The largest absolute Gasteiger partial charge is 0.336 e. The summed E-state index contributed by atoms with van der Waals surface area (Å²) in [6.45, 7) is 3.44. The average molecular weight is 372 g/mol. The lowest BCUT2D eigenvalue weighted by Gasteiger charge is -2.33. The molecule has 0 unspecified atom stereocenters. The van der Waals surface area contributed by atoms with E-state index in [0.717, 1.165) is 19.5 Å². The number of hydrogen-bond donors (Lipinski definition) is 0. The minimum absolute atomic E-state index is 0.0737. The van der Waals surface area contributed by atoms with E-state index in [2.05, 4.69) is 4.90 Å². The number of likely N-dealkylation sites (N-methyl/N-ethyl adjacent to an activating group) is 1. The van der Waals surface area contributed by atoms with Crippen LogP contribution in [0.25, 0.3) is 0 Å². The minimum Gasteiger partial charge on any atom is -0.336 e. The number of rotatable bonds is 2. The van der Waals surface area contributed by atoms with Crippen LogP contribution in [0.3, 0.4) is 0 Å². The number of amides is 1. The predicted molar refractivity (Wildman–Crippen MR) is 95.2 cm³/mol. The molecule has 0 atom stereocenters. The normalized spacial score (nSPS) is 21.8. The Balaban J connectivity index is 1.87. The molecule has 2 fully saturated rings. The molecule has 0 spiro atoms. The van der Waals surface area contributed by atoms with E-state index in [1.54, 1.807) is 23.1 Å². The Morgan fingerprint density at radius 3 is 2.46 bits per heavy atom. The van der Waals surface area contributed by atoms with Crippen molar-refractivity contribution in [3.05, 3.63) is 28.8 Å². The van der Waals surface area contributed by atoms with Crippen LogP contribution in [0, 0.1) is 0 Å². The van der Waals surface area contributed by atoms with Crippen molar-refractivity contribution < 1.29 is 13.2 Å². The molecule has 132 valence electrons. The molecular formula is C16H22ClN3O3S. The first-order valence-electron chi connectivity index (χ1n) is 8.16. The van der Waals surface area contributed by atoms with Crippen LogP contribution in [0.15, 0.2) is 18.2 Å². The van der Waals surface area contributed by atoms with Gasteiger partial charge in [0.1, 0.15) is 0 Å². The van der Waals surface area contributed by atoms with Gasteiger partial charge in [0, 0.05) is 38.3 Å². The Kier molecular flexibility index (Phi) is 5.03. The van der Waals surface area contributed by atoms with Crippen LogP contribution in [0.5, 0.6) is 0 Å². The standard InChI is InChI=1S/C16H22ClN3O3S/c1-18-7-9-19(10-8-18)16(21)13-4-5-14(17)15(12-13)20-6-2-3-11-24(20,22)23/h4-5,12H,2-3,6-11H2,1H3. The first kappa shape index (κ1) is 17.5. The summed E-state index contributed by atoms with van der Waals surface area (Å²) in [6, 6.07) is 4.90. The van der Waals surface area contributed by atoms with Crippen molar-refractivity contribution in [1.29, 1.82) is 0 Å². The fourth-order valence-corrected chi connectivity index (χ4v) is 5.01. The van der Waals surface area contributed by atoms with Crippen LogP contribution in [0.1, 0.15) is 23.2 Å². The molecule has 1 aromatic rings. The summed E-state index contributed by atoms with van der Waals surface area (Å²) in [7, 11) is -1.33. The SMILES string of the molecule is CN1CCN(C(=O)c2ccc(Cl)c(N3CCCCS3(=O)=O)c2)CC1. The molecule has 8 heteroatoms. The van der Waals surface area contributed by atoms with Crippen molar-refractivity contribution in [3.63, 3.8) is 0 Å². The van der Waals surface area contributed by atoms with Gasteiger partial charge in [-0.2, -0.15) is 0 Å². The lowest BCUT2D eigenvalue weighted by atomic mass is 10.1. The molecule has 1 amide bonds. The van der Waals surface area contributed by atoms with Gasteiger partial charge >= 0.3 is 0 Å². The molecule has 0 N–H and O–H groups in total. The second-order valence-electron chi connectivity index (χ2n) is 6.36. The lowest BCUT2D eigenvalue weighted by Crippen LogP contribution is -2.47. The maximum Gasteiger partial charge on any atom is 0.254 e. The monoisotopic (exact) mass is 371 g/mol. The second kappa shape index (κ2) is 6.90. The number of nitrogens with zero attached hydrogens (tertiary/aromatic N) is 3. The highest BCUT2D eigenvalue weighted by Gasteiger charge is 2.29. The van der Waals surface area contributed by atoms with Gasteiger partial charge in [-0.05, 0) is 38.1 Å². The highest BCUT2D eigenvalue weighted by molar-refractivity contribution is 7.92. The van der Waals surface area contributed by atoms with Crippen LogP contribution in [0.2, 0.25) is 5.02 Å². The van der Waals surface area contributed by atoms with E-state index in [0.29, 0.717) is 42.3 Å². The van der Waals surface area contributed by atoms with Crippen molar-refractivity contribution in [3.8, 4) is 0 Å². The van der Waals surface area contributed by atoms with Gasteiger partial charge in [-0.1, -0.05) is 11.6 Å². The highest BCUT2D eigenvalue weighted by atomic mass is 35.5. The number of carbonyl (C=O) groups excluding carboxylic acids is 1. The molecule has 2 heterocycles. The zero-order valence-corrected chi connectivity index (χ0v) is 15.3. The number of benzene rings is 1. The summed E-state index contributed by atoms with van der Waals surface area (Å²) in [6.07, 6.45) is 1.46. The number of sulfonamides is 1. The fraction of sp³-hybridized carbons (Fsp3) is 0.562. The van der Waals surface area contributed by atoms with Crippen molar-refractivity contribution in [1.82, 2.24) is 9.80 Å². The van der Waals surface area contributed by atoms with Crippen LogP contribution in [-0.2, 0) is 10.0 Å². The summed E-state index contributed by atoms with van der Waals surface area (Å²) in [5.74, 6) is 0.0513. The molecule has 2 aliphatic heterocycles. The van der Waals surface area contributed by atoms with E-state index in [1.807, 2.05) is 7.05 Å². The first-order valence-corrected chi connectivity index (χ1v) is 10.1. The summed E-state index contributed by atoms with van der Waals surface area (Å²) in [5.41, 5.74) is 0.899. The van der Waals surface area contributed by atoms with Gasteiger partial charge < -0.3 is 9.80 Å². The van der Waals surface area contributed by atoms with Gasteiger partial charge in [0.2, 0.25) is 10.0 Å². The Hall–Kier alpha value is -1.31. The third kappa shape index (κ3) is 3.53. The summed E-state index contributed by atoms with van der Waals surface area (Å²) >= 11 is 6.23. The van der Waals surface area contributed by atoms with E-state index in [4.69, 9.17) is 11.6 Å². The first-order chi connectivity index (χ1) is 11.4. The molecule has 24 heavy (non-hydrogen) atoms. The van der Waals surface area contributed by atoms with Gasteiger partial charge in [0.25, 0.3) is 5.91 Å². The zero-order valence-electron chi connectivity index (χ0n) is 13.7. The van der Waals surface area contributed by atoms with Crippen LogP contribution in [0.4, 0.5) is 5.69 Å². The van der Waals surface area contributed by atoms with Crippen LogP contribution < -0.4 is 4.31 Å². The molecule has 0 bridgehead atoms. The van der Waals surface area contributed by atoms with Gasteiger partial charge in [-0.3, -0.25) is 9.10 Å². The second-order valence-corrected chi connectivity index (χ2v) is 8.78. The Bertz CT molecular complexity index is 730. The van der Waals surface area contributed by atoms with Crippen molar-refractivity contribution >= 4 is 33.2 Å². The summed E-state index contributed by atoms with van der Waals surface area (Å²) < 4.78 is 26.0. The fourth-order valence-electron chi connectivity index (χ4n) is 3.09. The molecular weight excluding hydrogens is 350 g/mol. The molecule has 0 saturated carbocycles. The van der Waals surface area contributed by atoms with E-state index < -0.39 is 10.0 Å². The Morgan fingerprint density at radius 1 is 1.08 bits per heavy atom. The number of hydrogen-bond acceptors (Lipinski definition) is 4. The van der Waals surface area contributed by atoms with Crippen LogP contribution in [-0.4, -0.2) is 69.6 Å². The molecule has 2 aliphatic rings. The van der Waals surface area contributed by atoms with Gasteiger partial charge in [0.05, 0.1) is 16.5 Å². The lowest BCUT2D eigenvalue weighted by molar-refractivity contribution is 0.0664. The van der Waals surface area contributed by atoms with E-state index >= 15 is 0 Å². The van der Waals surface area contributed by atoms with Crippen LogP contribution >= 0.6 is 11.6 Å². The Labute approximate surface area is 148 Å². The number of piperazine rings is 1. The molecule has 0 aliphatic carbocycles. The zero-order chi connectivity index (χ0) is 17.3.